The molecule has 0 aliphatic carbocycles. The standard InChI is InChI=1S/C26H32N4O6/c1-14(2)11-21(25(34)29(4)15(3)22(27)31)28-20(26(35)36)9-10-30-23(32)18-12-16-7-5-6-8-17(16)13-19(18)24(30)33/h5-8,12-15,20-21,28H,9-11H2,1-4H3,(H2,27,31)(H,35,36)/t15-,20+,21-/m0/s1. The summed E-state index contributed by atoms with van der Waals surface area (Å²) in [6, 6.07) is 7.75. The van der Waals surface area contributed by atoms with Crippen LogP contribution in [0.1, 0.15) is 54.3 Å². The fraction of sp³-hybridized carbons (Fsp3) is 0.423. The maximum Gasteiger partial charge on any atom is 0.320 e. The van der Waals surface area contributed by atoms with Crippen LogP contribution in [0.2, 0.25) is 0 Å². The molecule has 36 heavy (non-hydrogen) atoms. The van der Waals surface area contributed by atoms with E-state index >= 15 is 0 Å². The molecule has 1 heterocycles. The number of amides is 4. The maximum atomic E-state index is 13.1. The molecule has 0 fully saturated rings. The molecule has 0 bridgehead atoms. The van der Waals surface area contributed by atoms with Crippen molar-refractivity contribution in [1.29, 1.82) is 0 Å². The molecule has 2 aromatic carbocycles. The van der Waals surface area contributed by atoms with Gasteiger partial charge in [0, 0.05) is 13.6 Å². The first-order chi connectivity index (χ1) is 16.9. The zero-order valence-electron chi connectivity index (χ0n) is 20.9. The van der Waals surface area contributed by atoms with Crippen LogP contribution in [0.3, 0.4) is 0 Å². The molecule has 3 atom stereocenters. The fourth-order valence-electron chi connectivity index (χ4n) is 4.30. The van der Waals surface area contributed by atoms with Gasteiger partial charge in [-0.15, -0.1) is 0 Å². The quantitative estimate of drug-likeness (QED) is 0.400. The Labute approximate surface area is 209 Å². The summed E-state index contributed by atoms with van der Waals surface area (Å²) in [5, 5.41) is 14.4. The average Bonchev–Trinajstić information content (AvgIpc) is 3.06. The number of hydrogen-bond acceptors (Lipinski definition) is 6. The van der Waals surface area contributed by atoms with Gasteiger partial charge in [-0.2, -0.15) is 0 Å². The van der Waals surface area contributed by atoms with E-state index in [0.29, 0.717) is 6.42 Å². The minimum atomic E-state index is -1.22. The topological polar surface area (TPSA) is 150 Å². The van der Waals surface area contributed by atoms with Gasteiger partial charge in [0.2, 0.25) is 11.8 Å². The summed E-state index contributed by atoms with van der Waals surface area (Å²) in [5.41, 5.74) is 5.89. The number of fused-ring (bicyclic) bond motifs is 2. The number of nitrogens with one attached hydrogen (secondary N) is 1. The highest BCUT2D eigenvalue weighted by atomic mass is 16.4. The van der Waals surface area contributed by atoms with Crippen LogP contribution >= 0.6 is 0 Å². The van der Waals surface area contributed by atoms with Crippen LogP contribution in [0.25, 0.3) is 10.8 Å². The van der Waals surface area contributed by atoms with Gasteiger partial charge in [-0.25, -0.2) is 0 Å². The summed E-state index contributed by atoms with van der Waals surface area (Å²) in [4.78, 5) is 64.8. The molecule has 0 saturated heterocycles. The molecule has 10 heteroatoms. The fourth-order valence-corrected chi connectivity index (χ4v) is 4.30. The lowest BCUT2D eigenvalue weighted by molar-refractivity contribution is -0.142. The molecule has 3 rings (SSSR count). The van der Waals surface area contributed by atoms with Gasteiger partial charge in [0.15, 0.2) is 0 Å². The third-order valence-corrected chi connectivity index (χ3v) is 6.52. The van der Waals surface area contributed by atoms with Gasteiger partial charge in [-0.05, 0) is 48.6 Å². The number of imide groups is 1. The Morgan fingerprint density at radius 1 is 1.00 bits per heavy atom. The average molecular weight is 497 g/mol. The van der Waals surface area contributed by atoms with E-state index in [2.05, 4.69) is 5.32 Å². The Kier molecular flexibility index (Phi) is 8.09. The predicted octanol–water partition coefficient (Wildman–Crippen LogP) is 1.62. The number of benzene rings is 2. The highest BCUT2D eigenvalue weighted by Crippen LogP contribution is 2.28. The highest BCUT2D eigenvalue weighted by molar-refractivity contribution is 6.23. The maximum absolute atomic E-state index is 13.1. The summed E-state index contributed by atoms with van der Waals surface area (Å²) < 4.78 is 0. The molecular formula is C26H32N4O6. The molecule has 4 N–H and O–H groups in total. The van der Waals surface area contributed by atoms with Crippen molar-refractivity contribution in [2.24, 2.45) is 11.7 Å². The van der Waals surface area contributed by atoms with Gasteiger partial charge in [0.1, 0.15) is 12.1 Å². The van der Waals surface area contributed by atoms with Gasteiger partial charge < -0.3 is 15.7 Å². The van der Waals surface area contributed by atoms with Crippen molar-refractivity contribution in [3.8, 4) is 0 Å². The van der Waals surface area contributed by atoms with E-state index in [1.807, 2.05) is 38.1 Å². The third-order valence-electron chi connectivity index (χ3n) is 6.52. The SMILES string of the molecule is CC(C)C[C@H](N[C@H](CCN1C(=O)c2cc3ccccc3cc2C1=O)C(=O)O)C(=O)N(C)[C@@H](C)C(N)=O. The van der Waals surface area contributed by atoms with Crippen LogP contribution in [-0.4, -0.2) is 76.2 Å². The van der Waals surface area contributed by atoms with Crippen LogP contribution in [0, 0.1) is 5.92 Å². The van der Waals surface area contributed by atoms with Crippen LogP contribution < -0.4 is 11.1 Å². The summed E-state index contributed by atoms with van der Waals surface area (Å²) in [7, 11) is 1.44. The molecule has 0 radical (unpaired) electrons. The number of nitrogens with two attached hydrogens (primary N) is 1. The molecule has 0 saturated carbocycles. The second kappa shape index (κ2) is 10.9. The Hall–Kier alpha value is -3.79. The number of nitrogens with zero attached hydrogens (tertiary/aromatic N) is 2. The molecular weight excluding hydrogens is 464 g/mol. The van der Waals surface area contributed by atoms with E-state index in [9.17, 15) is 29.1 Å². The Bertz CT molecular complexity index is 1160. The summed E-state index contributed by atoms with van der Waals surface area (Å²) in [6.45, 7) is 5.13. The first-order valence-electron chi connectivity index (χ1n) is 11.9. The van der Waals surface area contributed by atoms with Gasteiger partial charge >= 0.3 is 5.97 Å². The Morgan fingerprint density at radius 2 is 1.53 bits per heavy atom. The summed E-state index contributed by atoms with van der Waals surface area (Å²) in [6.07, 6.45) is 0.218. The van der Waals surface area contributed by atoms with Crippen molar-refractivity contribution in [2.45, 2.75) is 51.7 Å². The lowest BCUT2D eigenvalue weighted by Crippen LogP contribution is -2.55. The van der Waals surface area contributed by atoms with E-state index < -0.39 is 47.7 Å². The number of carboxylic acid groups (broad SMARTS) is 1. The van der Waals surface area contributed by atoms with E-state index in [0.717, 1.165) is 15.7 Å². The molecule has 2 aromatic rings. The number of carbonyl (C=O) groups is 5. The summed E-state index contributed by atoms with van der Waals surface area (Å²) >= 11 is 0. The zero-order valence-corrected chi connectivity index (χ0v) is 20.9. The molecule has 192 valence electrons. The van der Waals surface area contributed by atoms with Crippen LogP contribution in [0.15, 0.2) is 36.4 Å². The minimum Gasteiger partial charge on any atom is -0.480 e. The number of carboxylic acids is 1. The lowest BCUT2D eigenvalue weighted by atomic mass is 10.0. The first-order valence-corrected chi connectivity index (χ1v) is 11.9. The Morgan fingerprint density at radius 3 is 1.97 bits per heavy atom. The normalized spacial score (nSPS) is 15.6. The molecule has 10 nitrogen and oxygen atoms in total. The van der Waals surface area contributed by atoms with Crippen molar-refractivity contribution >= 4 is 40.4 Å². The third kappa shape index (κ3) is 5.54. The van der Waals surface area contributed by atoms with E-state index in [-0.39, 0.29) is 30.0 Å². The second-order valence-corrected chi connectivity index (χ2v) is 9.56. The number of hydrogen-bond donors (Lipinski definition) is 3. The number of carbonyl (C=O) groups excluding carboxylic acids is 4. The van der Waals surface area contributed by atoms with E-state index in [4.69, 9.17) is 5.73 Å². The lowest BCUT2D eigenvalue weighted by Gasteiger charge is -2.30. The minimum absolute atomic E-state index is 0.0450. The van der Waals surface area contributed by atoms with E-state index in [1.54, 1.807) is 12.1 Å². The number of primary amides is 1. The second-order valence-electron chi connectivity index (χ2n) is 9.56. The highest BCUT2D eigenvalue weighted by Gasteiger charge is 2.37. The van der Waals surface area contributed by atoms with Gasteiger partial charge in [-0.1, -0.05) is 38.1 Å². The largest absolute Gasteiger partial charge is 0.480 e. The predicted molar refractivity (Wildman–Crippen MR) is 133 cm³/mol. The monoisotopic (exact) mass is 496 g/mol. The molecule has 0 unspecified atom stereocenters. The van der Waals surface area contributed by atoms with E-state index in [1.165, 1.54) is 18.9 Å². The number of likely N-dealkylation sites (N-methyl/N-ethyl adjacent to an activating group) is 1. The molecule has 0 spiro atoms. The van der Waals surface area contributed by atoms with Crippen LogP contribution in [0.4, 0.5) is 0 Å². The van der Waals surface area contributed by atoms with Crippen molar-refractivity contribution in [3.05, 3.63) is 47.5 Å². The molecule has 1 aliphatic heterocycles. The molecule has 4 amide bonds. The summed E-state index contributed by atoms with van der Waals surface area (Å²) in [5.74, 6) is -3.27. The van der Waals surface area contributed by atoms with Crippen molar-refractivity contribution in [1.82, 2.24) is 15.1 Å². The van der Waals surface area contributed by atoms with Crippen molar-refractivity contribution < 1.29 is 29.1 Å². The molecule has 0 aromatic heterocycles. The smallest absolute Gasteiger partial charge is 0.320 e. The van der Waals surface area contributed by atoms with Crippen LogP contribution in [-0.2, 0) is 14.4 Å². The van der Waals surface area contributed by atoms with Gasteiger partial charge in [-0.3, -0.25) is 34.2 Å². The Balaban J connectivity index is 1.76. The van der Waals surface area contributed by atoms with Gasteiger partial charge in [0.25, 0.3) is 11.8 Å². The van der Waals surface area contributed by atoms with Gasteiger partial charge in [0.05, 0.1) is 17.2 Å². The number of aliphatic carboxylic acids is 1. The first kappa shape index (κ1) is 26.8. The molecule has 1 aliphatic rings. The number of rotatable bonds is 11. The van der Waals surface area contributed by atoms with Crippen LogP contribution in [0.5, 0.6) is 0 Å². The zero-order chi connectivity index (χ0) is 26.7. The van der Waals surface area contributed by atoms with Crippen molar-refractivity contribution in [3.63, 3.8) is 0 Å². The van der Waals surface area contributed by atoms with Crippen molar-refractivity contribution in [2.75, 3.05) is 13.6 Å².